The maximum Gasteiger partial charge on any atom is 0.237 e. The summed E-state index contributed by atoms with van der Waals surface area (Å²) in [7, 11) is 0. The van der Waals surface area contributed by atoms with Gasteiger partial charge in [0, 0.05) is 12.6 Å². The number of likely N-dealkylation sites (tertiary alicyclic amines) is 2. The number of thiophene rings is 1. The van der Waals surface area contributed by atoms with E-state index in [0.29, 0.717) is 6.54 Å². The lowest BCUT2D eigenvalue weighted by Crippen LogP contribution is -2.39. The molecule has 0 unspecified atom stereocenters. The number of hydrogen-bond acceptors (Lipinski definition) is 5. The Morgan fingerprint density at radius 2 is 2.17 bits per heavy atom. The monoisotopic (exact) mass is 345 g/mol. The van der Waals surface area contributed by atoms with Gasteiger partial charge in [-0.15, -0.1) is 0 Å². The van der Waals surface area contributed by atoms with Gasteiger partial charge in [0.05, 0.1) is 24.3 Å². The molecular formula is C18H23N3O2S. The SMILES string of the molecule is Cc1cc([C@@H]2CCCN2CC(=O)N2CCC[C@H]2c2ccsc2)on1. The fraction of sp³-hybridized carbons (Fsp3) is 0.556. The van der Waals surface area contributed by atoms with Crippen molar-refractivity contribution >= 4 is 17.2 Å². The van der Waals surface area contributed by atoms with Crippen LogP contribution in [0.1, 0.15) is 54.8 Å². The molecule has 5 nitrogen and oxygen atoms in total. The number of hydrogen-bond donors (Lipinski definition) is 0. The highest BCUT2D eigenvalue weighted by atomic mass is 32.1. The van der Waals surface area contributed by atoms with Crippen molar-refractivity contribution in [1.82, 2.24) is 15.0 Å². The zero-order valence-electron chi connectivity index (χ0n) is 14.0. The minimum atomic E-state index is 0.192. The highest BCUT2D eigenvalue weighted by Crippen LogP contribution is 2.35. The van der Waals surface area contributed by atoms with Crippen molar-refractivity contribution in [3.8, 4) is 0 Å². The van der Waals surface area contributed by atoms with Crippen molar-refractivity contribution in [3.63, 3.8) is 0 Å². The standard InChI is InChI=1S/C18H23N3O2S/c1-13-10-17(23-19-13)16-5-2-7-20(16)11-18(22)21-8-3-4-15(21)14-6-9-24-12-14/h6,9-10,12,15-16H,2-5,7-8,11H2,1H3/t15-,16-/m0/s1. The molecule has 2 atom stereocenters. The lowest BCUT2D eigenvalue weighted by atomic mass is 10.1. The Kier molecular flexibility index (Phi) is 4.41. The second-order valence-electron chi connectivity index (χ2n) is 6.80. The van der Waals surface area contributed by atoms with Crippen LogP contribution in [0.5, 0.6) is 0 Å². The van der Waals surface area contributed by atoms with Crippen molar-refractivity contribution in [2.75, 3.05) is 19.6 Å². The van der Waals surface area contributed by atoms with Crippen LogP contribution in [0.4, 0.5) is 0 Å². The minimum Gasteiger partial charge on any atom is -0.359 e. The summed E-state index contributed by atoms with van der Waals surface area (Å²) in [6.45, 7) is 4.24. The van der Waals surface area contributed by atoms with Gasteiger partial charge in [-0.25, -0.2) is 0 Å². The van der Waals surface area contributed by atoms with Crippen molar-refractivity contribution in [2.45, 2.75) is 44.7 Å². The molecule has 0 radical (unpaired) electrons. The van der Waals surface area contributed by atoms with Crippen LogP contribution in [0.2, 0.25) is 0 Å². The summed E-state index contributed by atoms with van der Waals surface area (Å²) in [6, 6.07) is 4.60. The Balaban J connectivity index is 1.45. The second-order valence-corrected chi connectivity index (χ2v) is 7.58. The molecule has 0 aromatic carbocycles. The number of amides is 1. The molecule has 4 rings (SSSR count). The Morgan fingerprint density at radius 1 is 1.33 bits per heavy atom. The zero-order valence-corrected chi connectivity index (χ0v) is 14.8. The molecule has 6 heteroatoms. The van der Waals surface area contributed by atoms with E-state index < -0.39 is 0 Å². The summed E-state index contributed by atoms with van der Waals surface area (Å²) in [5.74, 6) is 1.14. The largest absolute Gasteiger partial charge is 0.359 e. The Labute approximate surface area is 146 Å². The van der Waals surface area contributed by atoms with Gasteiger partial charge in [0.25, 0.3) is 0 Å². The van der Waals surface area contributed by atoms with Crippen LogP contribution < -0.4 is 0 Å². The molecule has 4 heterocycles. The van der Waals surface area contributed by atoms with E-state index in [1.807, 2.05) is 13.0 Å². The normalized spacial score (nSPS) is 24.8. The van der Waals surface area contributed by atoms with Crippen LogP contribution >= 0.6 is 11.3 Å². The van der Waals surface area contributed by atoms with E-state index >= 15 is 0 Å². The Bertz CT molecular complexity index is 697. The lowest BCUT2D eigenvalue weighted by molar-refractivity contribution is -0.133. The Morgan fingerprint density at radius 3 is 2.92 bits per heavy atom. The van der Waals surface area contributed by atoms with E-state index in [9.17, 15) is 4.79 Å². The van der Waals surface area contributed by atoms with Gasteiger partial charge in [-0.1, -0.05) is 5.16 Å². The fourth-order valence-corrected chi connectivity index (χ4v) is 4.73. The first kappa shape index (κ1) is 15.8. The average Bonchev–Trinajstić information content (AvgIpc) is 3.34. The number of carbonyl (C=O) groups excluding carboxylic acids is 1. The predicted octanol–water partition coefficient (Wildman–Crippen LogP) is 3.55. The molecule has 0 spiro atoms. The van der Waals surface area contributed by atoms with Crippen LogP contribution in [0.15, 0.2) is 27.4 Å². The van der Waals surface area contributed by atoms with E-state index in [-0.39, 0.29) is 18.0 Å². The molecule has 2 aromatic rings. The highest BCUT2D eigenvalue weighted by Gasteiger charge is 2.35. The molecule has 0 saturated carbocycles. The number of aromatic nitrogens is 1. The summed E-state index contributed by atoms with van der Waals surface area (Å²) in [5.41, 5.74) is 2.19. The molecule has 2 aromatic heterocycles. The zero-order chi connectivity index (χ0) is 16.5. The molecule has 1 amide bonds. The van der Waals surface area contributed by atoms with Gasteiger partial charge in [0.1, 0.15) is 0 Å². The lowest BCUT2D eigenvalue weighted by Gasteiger charge is -2.28. The molecule has 0 aliphatic carbocycles. The van der Waals surface area contributed by atoms with Crippen molar-refractivity contribution in [2.24, 2.45) is 0 Å². The summed E-state index contributed by atoms with van der Waals surface area (Å²) >= 11 is 1.71. The first-order valence-electron chi connectivity index (χ1n) is 8.71. The first-order valence-corrected chi connectivity index (χ1v) is 9.65. The van der Waals surface area contributed by atoms with E-state index in [1.165, 1.54) is 5.56 Å². The molecule has 0 N–H and O–H groups in total. The second kappa shape index (κ2) is 6.69. The molecule has 0 bridgehead atoms. The van der Waals surface area contributed by atoms with Crippen molar-refractivity contribution in [3.05, 3.63) is 39.9 Å². The van der Waals surface area contributed by atoms with E-state index in [1.54, 1.807) is 11.3 Å². The third-order valence-corrected chi connectivity index (χ3v) is 5.88. The molecule has 128 valence electrons. The van der Waals surface area contributed by atoms with Gasteiger partial charge in [-0.2, -0.15) is 11.3 Å². The summed E-state index contributed by atoms with van der Waals surface area (Å²) in [4.78, 5) is 17.3. The smallest absolute Gasteiger partial charge is 0.237 e. The minimum absolute atomic E-state index is 0.192. The van der Waals surface area contributed by atoms with Gasteiger partial charge in [-0.3, -0.25) is 9.69 Å². The van der Waals surface area contributed by atoms with Crippen LogP contribution in [-0.2, 0) is 4.79 Å². The molecule has 2 fully saturated rings. The quantitative estimate of drug-likeness (QED) is 0.850. The molecule has 2 aliphatic rings. The molecular weight excluding hydrogens is 322 g/mol. The van der Waals surface area contributed by atoms with Gasteiger partial charge >= 0.3 is 0 Å². The van der Waals surface area contributed by atoms with Crippen LogP contribution in [-0.4, -0.2) is 40.5 Å². The van der Waals surface area contributed by atoms with Crippen LogP contribution in [0.25, 0.3) is 0 Å². The number of aryl methyl sites for hydroxylation is 1. The topological polar surface area (TPSA) is 49.6 Å². The van der Waals surface area contributed by atoms with Gasteiger partial charge in [-0.05, 0) is 61.5 Å². The molecule has 24 heavy (non-hydrogen) atoms. The average molecular weight is 345 g/mol. The molecule has 2 aliphatic heterocycles. The number of nitrogens with zero attached hydrogens (tertiary/aromatic N) is 3. The summed E-state index contributed by atoms with van der Waals surface area (Å²) < 4.78 is 5.45. The van der Waals surface area contributed by atoms with E-state index in [2.05, 4.69) is 31.8 Å². The first-order chi connectivity index (χ1) is 11.7. The Hall–Kier alpha value is -1.66. The third-order valence-electron chi connectivity index (χ3n) is 5.18. The van der Waals surface area contributed by atoms with Gasteiger partial charge < -0.3 is 9.42 Å². The predicted molar refractivity (Wildman–Crippen MR) is 92.8 cm³/mol. The maximum absolute atomic E-state index is 12.9. The van der Waals surface area contributed by atoms with Crippen LogP contribution in [0.3, 0.4) is 0 Å². The summed E-state index contributed by atoms with van der Waals surface area (Å²) in [6.07, 6.45) is 4.31. The highest BCUT2D eigenvalue weighted by molar-refractivity contribution is 7.07. The van der Waals surface area contributed by atoms with Crippen molar-refractivity contribution < 1.29 is 9.32 Å². The number of rotatable bonds is 4. The van der Waals surface area contributed by atoms with Gasteiger partial charge in [0.15, 0.2) is 5.76 Å². The van der Waals surface area contributed by atoms with E-state index in [4.69, 9.17) is 4.52 Å². The van der Waals surface area contributed by atoms with Gasteiger partial charge in [0.2, 0.25) is 5.91 Å². The molecule has 2 saturated heterocycles. The maximum atomic E-state index is 12.9. The fourth-order valence-electron chi connectivity index (χ4n) is 4.02. The van der Waals surface area contributed by atoms with Crippen molar-refractivity contribution in [1.29, 1.82) is 0 Å². The van der Waals surface area contributed by atoms with E-state index in [0.717, 1.165) is 50.2 Å². The number of carbonyl (C=O) groups is 1. The van der Waals surface area contributed by atoms with Crippen LogP contribution in [0, 0.1) is 6.92 Å². The third kappa shape index (κ3) is 3.00. The summed E-state index contributed by atoms with van der Waals surface area (Å²) in [5, 5.41) is 8.27.